The second kappa shape index (κ2) is 6.89. The number of hydrogen-bond donors (Lipinski definition) is 2. The molecular formula is C14H27N7. The first kappa shape index (κ1) is 15.8. The van der Waals surface area contributed by atoms with Gasteiger partial charge in [-0.05, 0) is 32.1 Å². The zero-order chi connectivity index (χ0) is 15.4. The molecule has 1 fully saturated rings. The monoisotopic (exact) mass is 293 g/mol. The van der Waals surface area contributed by atoms with E-state index in [1.165, 1.54) is 19.3 Å². The first-order valence-corrected chi connectivity index (χ1v) is 7.73. The molecule has 118 valence electrons. The maximum absolute atomic E-state index is 5.51. The summed E-state index contributed by atoms with van der Waals surface area (Å²) in [6.45, 7) is 8.55. The summed E-state index contributed by atoms with van der Waals surface area (Å²) >= 11 is 0. The van der Waals surface area contributed by atoms with Crippen molar-refractivity contribution in [2.24, 2.45) is 11.8 Å². The number of anilines is 3. The van der Waals surface area contributed by atoms with Crippen LogP contribution in [0, 0.1) is 5.92 Å². The Morgan fingerprint density at radius 1 is 1.10 bits per heavy atom. The Hall–Kier alpha value is -1.63. The van der Waals surface area contributed by atoms with Gasteiger partial charge >= 0.3 is 0 Å². The highest BCUT2D eigenvalue weighted by atomic mass is 15.4. The van der Waals surface area contributed by atoms with E-state index in [4.69, 9.17) is 5.84 Å². The quantitative estimate of drug-likeness (QED) is 0.630. The minimum Gasteiger partial charge on any atom is -0.341 e. The Morgan fingerprint density at radius 3 is 2.33 bits per heavy atom. The lowest BCUT2D eigenvalue weighted by Crippen LogP contribution is -2.36. The Balaban J connectivity index is 2.28. The van der Waals surface area contributed by atoms with Gasteiger partial charge in [0.15, 0.2) is 0 Å². The van der Waals surface area contributed by atoms with Crippen molar-refractivity contribution in [2.45, 2.75) is 46.1 Å². The molecule has 0 aromatic carbocycles. The van der Waals surface area contributed by atoms with Gasteiger partial charge in [0.1, 0.15) is 0 Å². The second-order valence-corrected chi connectivity index (χ2v) is 6.05. The number of rotatable bonds is 5. The van der Waals surface area contributed by atoms with Crippen LogP contribution in [0.4, 0.5) is 17.8 Å². The van der Waals surface area contributed by atoms with E-state index in [0.717, 1.165) is 19.0 Å². The molecule has 1 saturated heterocycles. The number of nitrogens with zero attached hydrogens (tertiary/aromatic N) is 5. The van der Waals surface area contributed by atoms with Crippen LogP contribution in [-0.4, -0.2) is 41.1 Å². The Bertz CT molecular complexity index is 457. The van der Waals surface area contributed by atoms with Crippen LogP contribution in [-0.2, 0) is 0 Å². The van der Waals surface area contributed by atoms with E-state index in [1.54, 1.807) is 0 Å². The van der Waals surface area contributed by atoms with E-state index in [9.17, 15) is 0 Å². The molecule has 1 unspecified atom stereocenters. The molecule has 0 aliphatic carbocycles. The molecule has 0 amide bonds. The van der Waals surface area contributed by atoms with Gasteiger partial charge in [-0.3, -0.25) is 5.43 Å². The SMILES string of the molecule is CC(C)C(C)N(C)c1nc(NN)nc(N2CCCCC2)n1. The number of aromatic nitrogens is 3. The van der Waals surface area contributed by atoms with Crippen molar-refractivity contribution in [2.75, 3.05) is 35.4 Å². The van der Waals surface area contributed by atoms with E-state index >= 15 is 0 Å². The summed E-state index contributed by atoms with van der Waals surface area (Å²) in [6.07, 6.45) is 3.65. The van der Waals surface area contributed by atoms with E-state index < -0.39 is 0 Å². The lowest BCUT2D eigenvalue weighted by Gasteiger charge is -2.30. The number of nitrogens with two attached hydrogens (primary N) is 1. The molecule has 0 radical (unpaired) electrons. The summed E-state index contributed by atoms with van der Waals surface area (Å²) in [4.78, 5) is 17.7. The molecule has 1 atom stereocenters. The number of piperidine rings is 1. The maximum atomic E-state index is 5.51. The van der Waals surface area contributed by atoms with Crippen molar-refractivity contribution in [1.29, 1.82) is 0 Å². The zero-order valence-corrected chi connectivity index (χ0v) is 13.5. The molecular weight excluding hydrogens is 266 g/mol. The van der Waals surface area contributed by atoms with E-state index in [1.807, 2.05) is 7.05 Å². The fourth-order valence-electron chi connectivity index (χ4n) is 2.44. The van der Waals surface area contributed by atoms with Gasteiger partial charge < -0.3 is 9.80 Å². The standard InChI is InChI=1S/C14H27N7/c1-10(2)11(3)20(4)13-16-12(19-15)17-14(18-13)21-8-6-5-7-9-21/h10-11H,5-9,15H2,1-4H3,(H,16,17,18,19). The van der Waals surface area contributed by atoms with Crippen molar-refractivity contribution < 1.29 is 0 Å². The minimum absolute atomic E-state index is 0.340. The van der Waals surface area contributed by atoms with Crippen molar-refractivity contribution in [3.05, 3.63) is 0 Å². The summed E-state index contributed by atoms with van der Waals surface area (Å²) in [5.74, 6) is 7.83. The number of hydrazine groups is 1. The summed E-state index contributed by atoms with van der Waals surface area (Å²) in [5, 5.41) is 0. The molecule has 2 rings (SSSR count). The van der Waals surface area contributed by atoms with Crippen LogP contribution in [0.3, 0.4) is 0 Å². The molecule has 0 saturated carbocycles. The predicted molar refractivity (Wildman–Crippen MR) is 86.4 cm³/mol. The van der Waals surface area contributed by atoms with Crippen LogP contribution >= 0.6 is 0 Å². The van der Waals surface area contributed by atoms with Gasteiger partial charge in [-0.2, -0.15) is 15.0 Å². The van der Waals surface area contributed by atoms with Crippen LogP contribution in [0.1, 0.15) is 40.0 Å². The lowest BCUT2D eigenvalue weighted by molar-refractivity contribution is 0.498. The highest BCUT2D eigenvalue weighted by molar-refractivity contribution is 5.45. The van der Waals surface area contributed by atoms with Crippen molar-refractivity contribution >= 4 is 17.8 Å². The number of nitrogen functional groups attached to an aromatic ring is 1. The first-order chi connectivity index (χ1) is 10.0. The van der Waals surface area contributed by atoms with Gasteiger partial charge in [-0.25, -0.2) is 5.84 Å². The van der Waals surface area contributed by atoms with Crippen LogP contribution in [0.5, 0.6) is 0 Å². The molecule has 0 bridgehead atoms. The van der Waals surface area contributed by atoms with E-state index in [-0.39, 0.29) is 0 Å². The second-order valence-electron chi connectivity index (χ2n) is 6.05. The Morgan fingerprint density at radius 2 is 1.76 bits per heavy atom. The predicted octanol–water partition coefficient (Wildman–Crippen LogP) is 1.63. The summed E-state index contributed by atoms with van der Waals surface area (Å²) in [5.41, 5.74) is 2.55. The van der Waals surface area contributed by atoms with Gasteiger partial charge in [-0.1, -0.05) is 13.8 Å². The molecule has 7 nitrogen and oxygen atoms in total. The molecule has 1 aliphatic heterocycles. The van der Waals surface area contributed by atoms with Crippen LogP contribution in [0.15, 0.2) is 0 Å². The molecule has 1 aliphatic rings. The van der Waals surface area contributed by atoms with Gasteiger partial charge in [0, 0.05) is 26.2 Å². The van der Waals surface area contributed by atoms with E-state index in [0.29, 0.717) is 23.9 Å². The Labute approximate surface area is 126 Å². The maximum Gasteiger partial charge on any atom is 0.243 e. The molecule has 3 N–H and O–H groups in total. The topological polar surface area (TPSA) is 83.2 Å². The molecule has 21 heavy (non-hydrogen) atoms. The minimum atomic E-state index is 0.340. The van der Waals surface area contributed by atoms with Crippen molar-refractivity contribution in [3.8, 4) is 0 Å². The third kappa shape index (κ3) is 3.72. The van der Waals surface area contributed by atoms with Gasteiger partial charge in [-0.15, -0.1) is 0 Å². The number of hydrogen-bond acceptors (Lipinski definition) is 7. The smallest absolute Gasteiger partial charge is 0.243 e. The average Bonchev–Trinajstić information content (AvgIpc) is 2.53. The normalized spacial score (nSPS) is 17.0. The highest BCUT2D eigenvalue weighted by Gasteiger charge is 2.20. The highest BCUT2D eigenvalue weighted by Crippen LogP contribution is 2.21. The Kier molecular flexibility index (Phi) is 5.17. The average molecular weight is 293 g/mol. The van der Waals surface area contributed by atoms with E-state index in [2.05, 4.69) is 50.9 Å². The van der Waals surface area contributed by atoms with Crippen LogP contribution in [0.2, 0.25) is 0 Å². The van der Waals surface area contributed by atoms with Gasteiger partial charge in [0.05, 0.1) is 0 Å². The lowest BCUT2D eigenvalue weighted by atomic mass is 10.1. The van der Waals surface area contributed by atoms with Crippen molar-refractivity contribution in [3.63, 3.8) is 0 Å². The van der Waals surface area contributed by atoms with Gasteiger partial charge in [0.2, 0.25) is 17.8 Å². The summed E-state index contributed by atoms with van der Waals surface area (Å²) < 4.78 is 0. The largest absolute Gasteiger partial charge is 0.341 e. The summed E-state index contributed by atoms with van der Waals surface area (Å²) in [6, 6.07) is 0.340. The first-order valence-electron chi connectivity index (χ1n) is 7.73. The van der Waals surface area contributed by atoms with Gasteiger partial charge in [0.25, 0.3) is 0 Å². The third-order valence-electron chi connectivity index (χ3n) is 4.27. The number of nitrogens with one attached hydrogen (secondary N) is 1. The molecule has 7 heteroatoms. The van der Waals surface area contributed by atoms with Crippen LogP contribution in [0.25, 0.3) is 0 Å². The van der Waals surface area contributed by atoms with Crippen LogP contribution < -0.4 is 21.1 Å². The third-order valence-corrected chi connectivity index (χ3v) is 4.27. The fourth-order valence-corrected chi connectivity index (χ4v) is 2.44. The fraction of sp³-hybridized carbons (Fsp3) is 0.786. The molecule has 1 aromatic rings. The summed E-state index contributed by atoms with van der Waals surface area (Å²) in [7, 11) is 2.01. The molecule has 1 aromatic heterocycles. The zero-order valence-electron chi connectivity index (χ0n) is 13.5. The molecule has 2 heterocycles. The molecule has 0 spiro atoms. The van der Waals surface area contributed by atoms with Crippen molar-refractivity contribution in [1.82, 2.24) is 15.0 Å².